The van der Waals surface area contributed by atoms with E-state index in [1.807, 2.05) is 11.8 Å². The van der Waals surface area contributed by atoms with E-state index in [2.05, 4.69) is 20.8 Å². The van der Waals surface area contributed by atoms with Gasteiger partial charge in [-0.3, -0.25) is 4.79 Å². The van der Waals surface area contributed by atoms with Gasteiger partial charge in [0.1, 0.15) is 0 Å². The van der Waals surface area contributed by atoms with E-state index >= 15 is 0 Å². The van der Waals surface area contributed by atoms with Crippen LogP contribution in [0, 0.1) is 16.7 Å². The SMILES string of the molecule is CC(C)(C)C1CCN(C(=O)C2(C)COCC2N)C1. The summed E-state index contributed by atoms with van der Waals surface area (Å²) in [5.41, 5.74) is 5.78. The lowest BCUT2D eigenvalue weighted by molar-refractivity contribution is -0.140. The number of amides is 1. The second kappa shape index (κ2) is 4.49. The summed E-state index contributed by atoms with van der Waals surface area (Å²) < 4.78 is 5.37. The van der Waals surface area contributed by atoms with Crippen LogP contribution < -0.4 is 5.73 Å². The molecule has 0 spiro atoms. The number of hydrogen-bond donors (Lipinski definition) is 1. The lowest BCUT2D eigenvalue weighted by atomic mass is 9.80. The molecule has 2 aliphatic rings. The fourth-order valence-corrected chi connectivity index (χ4v) is 2.92. The lowest BCUT2D eigenvalue weighted by Gasteiger charge is -2.32. The lowest BCUT2D eigenvalue weighted by Crippen LogP contribution is -2.51. The van der Waals surface area contributed by atoms with Crippen LogP contribution in [0.2, 0.25) is 0 Å². The van der Waals surface area contributed by atoms with Crippen LogP contribution in [-0.2, 0) is 9.53 Å². The Labute approximate surface area is 110 Å². The summed E-state index contributed by atoms with van der Waals surface area (Å²) in [7, 11) is 0. The zero-order chi connectivity index (χ0) is 13.6. The number of carbonyl (C=O) groups excluding carboxylic acids is 1. The Hall–Kier alpha value is -0.610. The summed E-state index contributed by atoms with van der Waals surface area (Å²) in [6.45, 7) is 11.4. The maximum absolute atomic E-state index is 12.6. The van der Waals surface area contributed by atoms with E-state index in [4.69, 9.17) is 10.5 Å². The van der Waals surface area contributed by atoms with Gasteiger partial charge in [-0.25, -0.2) is 0 Å². The van der Waals surface area contributed by atoms with Gasteiger partial charge >= 0.3 is 0 Å². The van der Waals surface area contributed by atoms with Gasteiger partial charge in [0.2, 0.25) is 5.91 Å². The van der Waals surface area contributed by atoms with Crippen molar-refractivity contribution in [2.45, 2.75) is 40.2 Å². The number of ether oxygens (including phenoxy) is 1. The largest absolute Gasteiger partial charge is 0.379 e. The van der Waals surface area contributed by atoms with Crippen LogP contribution in [0.4, 0.5) is 0 Å². The summed E-state index contributed by atoms with van der Waals surface area (Å²) in [4.78, 5) is 14.6. The predicted octanol–water partition coefficient (Wildman–Crippen LogP) is 1.24. The third-order valence-corrected chi connectivity index (χ3v) is 4.71. The summed E-state index contributed by atoms with van der Waals surface area (Å²) in [5, 5.41) is 0. The molecular weight excluding hydrogens is 228 g/mol. The van der Waals surface area contributed by atoms with Crippen LogP contribution in [0.25, 0.3) is 0 Å². The number of likely N-dealkylation sites (tertiary alicyclic amines) is 1. The van der Waals surface area contributed by atoms with Crippen molar-refractivity contribution in [2.24, 2.45) is 22.5 Å². The highest BCUT2D eigenvalue weighted by Gasteiger charge is 2.48. The van der Waals surface area contributed by atoms with Crippen molar-refractivity contribution in [1.82, 2.24) is 4.90 Å². The fraction of sp³-hybridized carbons (Fsp3) is 0.929. The van der Waals surface area contributed by atoms with Crippen molar-refractivity contribution in [3.63, 3.8) is 0 Å². The highest BCUT2D eigenvalue weighted by Crippen LogP contribution is 2.37. The molecule has 3 atom stereocenters. The Morgan fingerprint density at radius 1 is 1.44 bits per heavy atom. The minimum Gasteiger partial charge on any atom is -0.379 e. The average Bonchev–Trinajstić information content (AvgIpc) is 2.86. The first kappa shape index (κ1) is 13.8. The zero-order valence-corrected chi connectivity index (χ0v) is 12.0. The van der Waals surface area contributed by atoms with E-state index in [1.54, 1.807) is 0 Å². The van der Waals surface area contributed by atoms with E-state index in [-0.39, 0.29) is 17.4 Å². The molecule has 2 heterocycles. The van der Waals surface area contributed by atoms with Gasteiger partial charge < -0.3 is 15.4 Å². The minimum absolute atomic E-state index is 0.168. The molecule has 0 saturated carbocycles. The van der Waals surface area contributed by atoms with Crippen LogP contribution in [0.1, 0.15) is 34.1 Å². The molecule has 0 aliphatic carbocycles. The van der Waals surface area contributed by atoms with Gasteiger partial charge in [0.05, 0.1) is 18.6 Å². The number of hydrogen-bond acceptors (Lipinski definition) is 3. The molecule has 2 saturated heterocycles. The second-order valence-corrected chi connectivity index (χ2v) is 7.14. The first-order valence-corrected chi connectivity index (χ1v) is 6.88. The van der Waals surface area contributed by atoms with Crippen molar-refractivity contribution < 1.29 is 9.53 Å². The van der Waals surface area contributed by atoms with Crippen LogP contribution >= 0.6 is 0 Å². The van der Waals surface area contributed by atoms with Crippen LogP contribution in [0.3, 0.4) is 0 Å². The van der Waals surface area contributed by atoms with Gasteiger partial charge in [-0.05, 0) is 24.7 Å². The zero-order valence-electron chi connectivity index (χ0n) is 12.0. The molecule has 2 fully saturated rings. The highest BCUT2D eigenvalue weighted by molar-refractivity contribution is 5.84. The molecule has 0 radical (unpaired) electrons. The van der Waals surface area contributed by atoms with Gasteiger partial charge in [-0.2, -0.15) is 0 Å². The molecular formula is C14H26N2O2. The van der Waals surface area contributed by atoms with Gasteiger partial charge in [0.15, 0.2) is 0 Å². The molecule has 104 valence electrons. The Morgan fingerprint density at radius 2 is 2.11 bits per heavy atom. The molecule has 0 aromatic carbocycles. The molecule has 2 N–H and O–H groups in total. The molecule has 4 nitrogen and oxygen atoms in total. The van der Waals surface area contributed by atoms with Crippen molar-refractivity contribution in [3.8, 4) is 0 Å². The monoisotopic (exact) mass is 254 g/mol. The molecule has 1 amide bonds. The third-order valence-electron chi connectivity index (χ3n) is 4.71. The quantitative estimate of drug-likeness (QED) is 0.766. The topological polar surface area (TPSA) is 55.6 Å². The molecule has 0 bridgehead atoms. The molecule has 0 aromatic heterocycles. The standard InChI is InChI=1S/C14H26N2O2/c1-13(2,3)10-5-6-16(7-10)12(17)14(4)9-18-8-11(14)15/h10-11H,5-9,15H2,1-4H3. The van der Waals surface area contributed by atoms with Crippen LogP contribution in [0.15, 0.2) is 0 Å². The maximum atomic E-state index is 12.6. The molecule has 2 aliphatic heterocycles. The molecule has 2 rings (SSSR count). The average molecular weight is 254 g/mol. The predicted molar refractivity (Wildman–Crippen MR) is 71.0 cm³/mol. The summed E-state index contributed by atoms with van der Waals surface area (Å²) >= 11 is 0. The number of carbonyl (C=O) groups is 1. The smallest absolute Gasteiger partial charge is 0.232 e. The molecule has 4 heteroatoms. The van der Waals surface area contributed by atoms with Crippen LogP contribution in [-0.4, -0.2) is 43.2 Å². The Morgan fingerprint density at radius 3 is 2.56 bits per heavy atom. The number of rotatable bonds is 1. The van der Waals surface area contributed by atoms with Gasteiger partial charge in [-0.15, -0.1) is 0 Å². The minimum atomic E-state index is -0.521. The van der Waals surface area contributed by atoms with Gasteiger partial charge in [-0.1, -0.05) is 20.8 Å². The number of nitrogens with zero attached hydrogens (tertiary/aromatic N) is 1. The Kier molecular flexibility index (Phi) is 3.45. The third kappa shape index (κ3) is 2.28. The van der Waals surface area contributed by atoms with Crippen molar-refractivity contribution in [3.05, 3.63) is 0 Å². The summed E-state index contributed by atoms with van der Waals surface area (Å²) in [6, 6.07) is -0.168. The van der Waals surface area contributed by atoms with Gasteiger partial charge in [0.25, 0.3) is 0 Å². The summed E-state index contributed by atoms with van der Waals surface area (Å²) in [6.07, 6.45) is 1.10. The van der Waals surface area contributed by atoms with E-state index in [9.17, 15) is 4.79 Å². The maximum Gasteiger partial charge on any atom is 0.232 e. The molecule has 0 aromatic rings. The van der Waals surface area contributed by atoms with Gasteiger partial charge in [0, 0.05) is 19.1 Å². The Balaban J connectivity index is 2.04. The first-order valence-electron chi connectivity index (χ1n) is 6.88. The van der Waals surface area contributed by atoms with E-state index < -0.39 is 5.41 Å². The number of nitrogens with two attached hydrogens (primary N) is 1. The Bertz CT molecular complexity index is 337. The first-order chi connectivity index (χ1) is 8.25. The van der Waals surface area contributed by atoms with E-state index in [0.29, 0.717) is 19.1 Å². The summed E-state index contributed by atoms with van der Waals surface area (Å²) in [5.74, 6) is 0.767. The highest BCUT2D eigenvalue weighted by atomic mass is 16.5. The fourth-order valence-electron chi connectivity index (χ4n) is 2.92. The van der Waals surface area contributed by atoms with Crippen LogP contribution in [0.5, 0.6) is 0 Å². The van der Waals surface area contributed by atoms with E-state index in [1.165, 1.54) is 0 Å². The van der Waals surface area contributed by atoms with Crippen molar-refractivity contribution >= 4 is 5.91 Å². The van der Waals surface area contributed by atoms with Crippen molar-refractivity contribution in [2.75, 3.05) is 26.3 Å². The molecule has 18 heavy (non-hydrogen) atoms. The van der Waals surface area contributed by atoms with E-state index in [0.717, 1.165) is 19.5 Å². The second-order valence-electron chi connectivity index (χ2n) is 7.14. The normalized spacial score (nSPS) is 37.3. The van der Waals surface area contributed by atoms with Crippen molar-refractivity contribution in [1.29, 1.82) is 0 Å². The molecule has 3 unspecified atom stereocenters.